The lowest BCUT2D eigenvalue weighted by molar-refractivity contribution is -0.0321. The number of aryl methyl sites for hydroxylation is 1. The molecule has 96 valence electrons. The number of ether oxygens (including phenoxy) is 1. The van der Waals surface area contributed by atoms with E-state index >= 15 is 0 Å². The fraction of sp³-hybridized carbons (Fsp3) is 0.500. The highest BCUT2D eigenvalue weighted by molar-refractivity contribution is 5.94. The van der Waals surface area contributed by atoms with Crippen LogP contribution in [0.3, 0.4) is 0 Å². The number of hydrogen-bond acceptors (Lipinski definition) is 3. The fourth-order valence-corrected chi connectivity index (χ4v) is 2.57. The molecule has 0 saturated carbocycles. The smallest absolute Gasteiger partial charge is 0.254 e. The Labute approximate surface area is 107 Å². The molecule has 0 aliphatic carbocycles. The number of nitrogens with zero attached hydrogens (tertiary/aromatic N) is 1. The molecule has 3 heterocycles. The topological polar surface area (TPSA) is 41.6 Å². The molecular weight excluding hydrogens is 228 g/mol. The highest BCUT2D eigenvalue weighted by atomic mass is 16.5. The van der Waals surface area contributed by atoms with E-state index in [1.54, 1.807) is 0 Å². The van der Waals surface area contributed by atoms with Crippen molar-refractivity contribution >= 4 is 5.91 Å². The number of nitrogens with one attached hydrogen (secondary N) is 1. The highest BCUT2D eigenvalue weighted by Crippen LogP contribution is 2.18. The van der Waals surface area contributed by atoms with Crippen molar-refractivity contribution in [1.82, 2.24) is 10.2 Å². The molecule has 1 aromatic rings. The number of rotatable bonds is 1. The summed E-state index contributed by atoms with van der Waals surface area (Å²) in [4.78, 5) is 14.5. The average molecular weight is 246 g/mol. The molecule has 3 aliphatic rings. The van der Waals surface area contributed by atoms with E-state index in [-0.39, 0.29) is 18.1 Å². The zero-order chi connectivity index (χ0) is 12.5. The SMILES string of the molecule is Cc1ccc(C(=O)N2CC3CNCC2CO3)cc1. The Balaban J connectivity index is 1.81. The zero-order valence-corrected chi connectivity index (χ0v) is 10.6. The van der Waals surface area contributed by atoms with Crippen molar-refractivity contribution in [1.29, 1.82) is 0 Å². The Morgan fingerprint density at radius 2 is 2.11 bits per heavy atom. The van der Waals surface area contributed by atoms with Gasteiger partial charge in [0, 0.05) is 25.2 Å². The minimum atomic E-state index is 0.122. The molecule has 2 atom stereocenters. The van der Waals surface area contributed by atoms with Crippen LogP contribution in [0.4, 0.5) is 0 Å². The Morgan fingerprint density at radius 1 is 1.33 bits per heavy atom. The van der Waals surface area contributed by atoms with E-state index < -0.39 is 0 Å². The first kappa shape index (κ1) is 11.7. The zero-order valence-electron chi connectivity index (χ0n) is 10.6. The lowest BCUT2D eigenvalue weighted by Gasteiger charge is -2.36. The number of carbonyl (C=O) groups is 1. The van der Waals surface area contributed by atoms with E-state index in [1.807, 2.05) is 36.1 Å². The normalized spacial score (nSPS) is 27.1. The van der Waals surface area contributed by atoms with Crippen molar-refractivity contribution in [2.75, 3.05) is 26.2 Å². The first-order valence-corrected chi connectivity index (χ1v) is 6.44. The largest absolute Gasteiger partial charge is 0.373 e. The molecule has 2 bridgehead atoms. The monoisotopic (exact) mass is 246 g/mol. The van der Waals surface area contributed by atoms with Gasteiger partial charge in [0.15, 0.2) is 0 Å². The van der Waals surface area contributed by atoms with Crippen LogP contribution in [0.15, 0.2) is 24.3 Å². The second-order valence-electron chi connectivity index (χ2n) is 5.09. The third-order valence-corrected chi connectivity index (χ3v) is 3.68. The molecular formula is C14H18N2O2. The van der Waals surface area contributed by atoms with Gasteiger partial charge in [0.1, 0.15) is 0 Å². The van der Waals surface area contributed by atoms with Crippen LogP contribution in [-0.4, -0.2) is 49.2 Å². The van der Waals surface area contributed by atoms with Gasteiger partial charge in [0.25, 0.3) is 5.91 Å². The molecule has 3 fully saturated rings. The Hall–Kier alpha value is -1.39. The number of carbonyl (C=O) groups excluding carboxylic acids is 1. The highest BCUT2D eigenvalue weighted by Gasteiger charge is 2.35. The van der Waals surface area contributed by atoms with E-state index in [0.717, 1.165) is 18.7 Å². The molecule has 0 spiro atoms. The van der Waals surface area contributed by atoms with Crippen LogP contribution in [0.5, 0.6) is 0 Å². The van der Waals surface area contributed by atoms with Crippen LogP contribution in [0.2, 0.25) is 0 Å². The van der Waals surface area contributed by atoms with Gasteiger partial charge in [-0.05, 0) is 19.1 Å². The number of morpholine rings is 1. The molecule has 2 unspecified atom stereocenters. The summed E-state index contributed by atoms with van der Waals surface area (Å²) < 4.78 is 5.68. The van der Waals surface area contributed by atoms with Crippen molar-refractivity contribution in [3.8, 4) is 0 Å². The van der Waals surface area contributed by atoms with Crippen LogP contribution >= 0.6 is 0 Å². The molecule has 4 rings (SSSR count). The summed E-state index contributed by atoms with van der Waals surface area (Å²) >= 11 is 0. The summed E-state index contributed by atoms with van der Waals surface area (Å²) in [6.45, 7) is 5.04. The summed E-state index contributed by atoms with van der Waals surface area (Å²) in [6, 6.07) is 7.95. The molecule has 3 saturated heterocycles. The van der Waals surface area contributed by atoms with E-state index in [1.165, 1.54) is 5.56 Å². The molecule has 0 aromatic heterocycles. The summed E-state index contributed by atoms with van der Waals surface area (Å²) in [6.07, 6.45) is 0.137. The van der Waals surface area contributed by atoms with Crippen LogP contribution in [0, 0.1) is 6.92 Å². The minimum absolute atomic E-state index is 0.122. The summed E-state index contributed by atoms with van der Waals surface area (Å²) in [7, 11) is 0. The molecule has 1 aromatic carbocycles. The van der Waals surface area contributed by atoms with Gasteiger partial charge in [-0.25, -0.2) is 0 Å². The Morgan fingerprint density at radius 3 is 2.89 bits per heavy atom. The predicted molar refractivity (Wildman–Crippen MR) is 68.6 cm³/mol. The van der Waals surface area contributed by atoms with Crippen LogP contribution < -0.4 is 5.32 Å². The molecule has 1 N–H and O–H groups in total. The van der Waals surface area contributed by atoms with Gasteiger partial charge in [-0.1, -0.05) is 17.7 Å². The number of hydrogen-bond donors (Lipinski definition) is 1. The van der Waals surface area contributed by atoms with E-state index in [2.05, 4.69) is 5.32 Å². The van der Waals surface area contributed by atoms with Gasteiger partial charge in [0.05, 0.1) is 18.8 Å². The second-order valence-corrected chi connectivity index (χ2v) is 5.09. The number of amides is 1. The van der Waals surface area contributed by atoms with E-state index in [0.29, 0.717) is 13.2 Å². The van der Waals surface area contributed by atoms with Gasteiger partial charge in [0.2, 0.25) is 0 Å². The van der Waals surface area contributed by atoms with Crippen LogP contribution in [0.1, 0.15) is 15.9 Å². The molecule has 0 radical (unpaired) electrons. The van der Waals surface area contributed by atoms with Crippen LogP contribution in [0.25, 0.3) is 0 Å². The van der Waals surface area contributed by atoms with Crippen molar-refractivity contribution in [2.24, 2.45) is 0 Å². The van der Waals surface area contributed by atoms with Crippen molar-refractivity contribution in [2.45, 2.75) is 19.1 Å². The molecule has 1 amide bonds. The summed E-state index contributed by atoms with van der Waals surface area (Å²) in [5.41, 5.74) is 1.95. The van der Waals surface area contributed by atoms with Gasteiger partial charge in [-0.2, -0.15) is 0 Å². The van der Waals surface area contributed by atoms with E-state index in [4.69, 9.17) is 4.74 Å². The quantitative estimate of drug-likeness (QED) is 0.797. The van der Waals surface area contributed by atoms with Gasteiger partial charge >= 0.3 is 0 Å². The lowest BCUT2D eigenvalue weighted by Crippen LogP contribution is -2.52. The predicted octanol–water partition coefficient (Wildman–Crippen LogP) is 0.808. The van der Waals surface area contributed by atoms with Crippen LogP contribution in [-0.2, 0) is 4.74 Å². The van der Waals surface area contributed by atoms with Crippen molar-refractivity contribution in [3.63, 3.8) is 0 Å². The van der Waals surface area contributed by atoms with Gasteiger partial charge in [-0.3, -0.25) is 4.79 Å². The Kier molecular flexibility index (Phi) is 3.06. The van der Waals surface area contributed by atoms with Crippen molar-refractivity contribution < 1.29 is 9.53 Å². The van der Waals surface area contributed by atoms with Gasteiger partial charge in [-0.15, -0.1) is 0 Å². The lowest BCUT2D eigenvalue weighted by atomic mass is 10.1. The molecule has 18 heavy (non-hydrogen) atoms. The standard InChI is InChI=1S/C14H18N2O2/c1-10-2-4-11(5-3-10)14(17)16-8-13-7-15-6-12(16)9-18-13/h2-5,12-13,15H,6-9H2,1H3. The molecule has 3 aliphatic heterocycles. The maximum Gasteiger partial charge on any atom is 0.254 e. The first-order chi connectivity index (χ1) is 8.74. The fourth-order valence-electron chi connectivity index (χ4n) is 2.57. The number of fused-ring (bicyclic) bond motifs is 4. The maximum atomic E-state index is 12.5. The minimum Gasteiger partial charge on any atom is -0.373 e. The average Bonchev–Trinajstić information content (AvgIpc) is 2.74. The third-order valence-electron chi connectivity index (χ3n) is 3.68. The third kappa shape index (κ3) is 2.13. The first-order valence-electron chi connectivity index (χ1n) is 6.44. The van der Waals surface area contributed by atoms with Gasteiger partial charge < -0.3 is 15.0 Å². The van der Waals surface area contributed by atoms with Crippen molar-refractivity contribution in [3.05, 3.63) is 35.4 Å². The van der Waals surface area contributed by atoms with E-state index in [9.17, 15) is 4.79 Å². The maximum absolute atomic E-state index is 12.5. The second kappa shape index (κ2) is 4.71. The Bertz CT molecular complexity index is 440. The summed E-state index contributed by atoms with van der Waals surface area (Å²) in [5.74, 6) is 0.122. The molecule has 4 heteroatoms. The summed E-state index contributed by atoms with van der Waals surface area (Å²) in [5, 5.41) is 3.34. The number of benzene rings is 1. The molecule has 4 nitrogen and oxygen atoms in total.